The zero-order chi connectivity index (χ0) is 20.5. The molecule has 1 atom stereocenters. The molecule has 1 aliphatic heterocycles. The van der Waals surface area contributed by atoms with Crippen LogP contribution in [0.1, 0.15) is 37.7 Å². The second-order valence-corrected chi connectivity index (χ2v) is 7.63. The molecule has 0 saturated carbocycles. The summed E-state index contributed by atoms with van der Waals surface area (Å²) in [6, 6.07) is 13.2. The molecule has 0 aromatic heterocycles. The number of hydrogen-bond donors (Lipinski definition) is 2. The van der Waals surface area contributed by atoms with E-state index in [2.05, 4.69) is 10.6 Å². The van der Waals surface area contributed by atoms with E-state index in [-0.39, 0.29) is 11.5 Å². The lowest BCUT2D eigenvalue weighted by Gasteiger charge is -2.34. The van der Waals surface area contributed by atoms with E-state index in [1.54, 1.807) is 31.2 Å². The van der Waals surface area contributed by atoms with Gasteiger partial charge in [-0.1, -0.05) is 41.9 Å². The third-order valence-corrected chi connectivity index (χ3v) is 5.70. The first-order chi connectivity index (χ1) is 14.0. The van der Waals surface area contributed by atoms with Crippen molar-refractivity contribution in [1.82, 2.24) is 5.32 Å². The lowest BCUT2D eigenvalue weighted by molar-refractivity contribution is -0.116. The number of carbonyl (C=O) groups excluding carboxylic acids is 2. The lowest BCUT2D eigenvalue weighted by Crippen LogP contribution is -2.35. The minimum Gasteiger partial charge on any atom is -0.362 e. The zero-order valence-electron chi connectivity index (χ0n) is 15.9. The van der Waals surface area contributed by atoms with Gasteiger partial charge in [0.25, 0.3) is 5.91 Å². The van der Waals surface area contributed by atoms with Crippen LogP contribution in [0.2, 0.25) is 5.02 Å². The highest BCUT2D eigenvalue weighted by atomic mass is 35.5. The number of ketones is 1. The third-order valence-electron chi connectivity index (χ3n) is 5.36. The average Bonchev–Trinajstić information content (AvgIpc) is 2.69. The van der Waals surface area contributed by atoms with E-state index in [1.807, 2.05) is 12.1 Å². The van der Waals surface area contributed by atoms with Gasteiger partial charge in [0.15, 0.2) is 5.78 Å². The topological polar surface area (TPSA) is 58.2 Å². The Kier molecular flexibility index (Phi) is 5.24. The Labute approximate surface area is 173 Å². The number of halogens is 2. The van der Waals surface area contributed by atoms with Gasteiger partial charge < -0.3 is 10.6 Å². The Morgan fingerprint density at radius 1 is 1.14 bits per heavy atom. The van der Waals surface area contributed by atoms with Crippen molar-refractivity contribution in [1.29, 1.82) is 0 Å². The van der Waals surface area contributed by atoms with Gasteiger partial charge in [0.1, 0.15) is 5.82 Å². The molecule has 0 radical (unpaired) electrons. The Morgan fingerprint density at radius 2 is 1.86 bits per heavy atom. The number of dihydropyridines is 1. The summed E-state index contributed by atoms with van der Waals surface area (Å²) in [6.45, 7) is 1.79. The van der Waals surface area contributed by atoms with E-state index in [4.69, 9.17) is 11.6 Å². The Hall–Kier alpha value is -2.92. The molecule has 2 aliphatic rings. The van der Waals surface area contributed by atoms with Crippen LogP contribution < -0.4 is 10.6 Å². The fourth-order valence-corrected chi connectivity index (χ4v) is 4.30. The van der Waals surface area contributed by atoms with E-state index in [1.165, 1.54) is 12.1 Å². The summed E-state index contributed by atoms with van der Waals surface area (Å²) in [7, 11) is 0. The molecule has 4 rings (SSSR count). The number of allylic oxidation sites excluding steroid dienone is 3. The van der Waals surface area contributed by atoms with Crippen molar-refractivity contribution < 1.29 is 14.0 Å². The number of Topliss-reactive ketones (excluding diaryl/α,β-unsaturated/α-hetero) is 1. The van der Waals surface area contributed by atoms with Crippen LogP contribution in [0.25, 0.3) is 0 Å². The van der Waals surface area contributed by atoms with Crippen LogP contribution in [0.3, 0.4) is 0 Å². The fourth-order valence-electron chi connectivity index (χ4n) is 4.06. The number of para-hydroxylation sites is 1. The molecule has 1 aliphatic carbocycles. The molecule has 1 heterocycles. The van der Waals surface area contributed by atoms with Crippen molar-refractivity contribution in [3.8, 4) is 0 Å². The molecule has 2 N–H and O–H groups in total. The first-order valence-electron chi connectivity index (χ1n) is 9.51. The number of hydrogen-bond acceptors (Lipinski definition) is 3. The molecule has 2 aromatic rings. The molecule has 4 nitrogen and oxygen atoms in total. The SMILES string of the molecule is CC1=C(C(=O)Nc2ccccc2F)C(c2ccccc2Cl)C2=C(CCCC2=O)N1. The molecule has 0 spiro atoms. The number of amides is 1. The fraction of sp³-hybridized carbons (Fsp3) is 0.217. The maximum absolute atomic E-state index is 14.1. The van der Waals surface area contributed by atoms with Crippen LogP contribution in [-0.2, 0) is 9.59 Å². The summed E-state index contributed by atoms with van der Waals surface area (Å²) < 4.78 is 14.1. The highest BCUT2D eigenvalue weighted by Gasteiger charge is 2.39. The first kappa shape index (κ1) is 19.4. The van der Waals surface area contributed by atoms with E-state index in [0.29, 0.717) is 33.9 Å². The third kappa shape index (κ3) is 3.58. The van der Waals surface area contributed by atoms with Crippen LogP contribution in [0.4, 0.5) is 10.1 Å². The highest BCUT2D eigenvalue weighted by Crippen LogP contribution is 2.44. The van der Waals surface area contributed by atoms with E-state index in [0.717, 1.165) is 18.5 Å². The monoisotopic (exact) mass is 410 g/mol. The number of nitrogens with one attached hydrogen (secondary N) is 2. The van der Waals surface area contributed by atoms with Gasteiger partial charge in [0, 0.05) is 39.9 Å². The molecule has 1 unspecified atom stereocenters. The standard InChI is InChI=1S/C23H20ClFN2O2/c1-13-20(23(29)27-17-10-5-4-9-16(17)25)21(14-7-2-3-8-15(14)24)22-18(26-13)11-6-12-19(22)28/h2-5,7-10,21,26H,6,11-12H2,1H3,(H,27,29). The van der Waals surface area contributed by atoms with Gasteiger partial charge in [-0.05, 0) is 43.5 Å². The summed E-state index contributed by atoms with van der Waals surface area (Å²) in [4.78, 5) is 26.1. The van der Waals surface area contributed by atoms with Crippen molar-refractivity contribution in [2.75, 3.05) is 5.32 Å². The predicted octanol–water partition coefficient (Wildman–Crippen LogP) is 5.09. The molecule has 2 aromatic carbocycles. The highest BCUT2D eigenvalue weighted by molar-refractivity contribution is 6.31. The van der Waals surface area contributed by atoms with Crippen LogP contribution >= 0.6 is 11.6 Å². The van der Waals surface area contributed by atoms with Gasteiger partial charge in [-0.15, -0.1) is 0 Å². The summed E-state index contributed by atoms with van der Waals surface area (Å²) in [5.41, 5.74) is 3.20. The maximum atomic E-state index is 14.1. The largest absolute Gasteiger partial charge is 0.362 e. The van der Waals surface area contributed by atoms with Gasteiger partial charge in [-0.2, -0.15) is 0 Å². The summed E-state index contributed by atoms with van der Waals surface area (Å²) in [5, 5.41) is 6.37. The molecule has 0 fully saturated rings. The summed E-state index contributed by atoms with van der Waals surface area (Å²) in [5.74, 6) is -1.58. The van der Waals surface area contributed by atoms with Gasteiger partial charge in [0.2, 0.25) is 0 Å². The molecular formula is C23H20ClFN2O2. The van der Waals surface area contributed by atoms with Gasteiger partial charge in [-0.3, -0.25) is 9.59 Å². The van der Waals surface area contributed by atoms with Gasteiger partial charge in [-0.25, -0.2) is 4.39 Å². The van der Waals surface area contributed by atoms with Crippen molar-refractivity contribution in [3.05, 3.63) is 87.5 Å². The van der Waals surface area contributed by atoms with Gasteiger partial charge in [0.05, 0.1) is 5.69 Å². The van der Waals surface area contributed by atoms with Crippen LogP contribution in [0, 0.1) is 5.82 Å². The first-order valence-corrected chi connectivity index (χ1v) is 9.89. The molecule has 0 bridgehead atoms. The second kappa shape index (κ2) is 7.84. The molecule has 6 heteroatoms. The molecule has 148 valence electrons. The molecule has 1 amide bonds. The Bertz CT molecular complexity index is 1070. The Balaban J connectivity index is 1.82. The predicted molar refractivity (Wildman–Crippen MR) is 111 cm³/mol. The summed E-state index contributed by atoms with van der Waals surface area (Å²) in [6.07, 6.45) is 1.94. The molecule has 29 heavy (non-hydrogen) atoms. The number of anilines is 1. The normalized spacial score (nSPS) is 19.0. The van der Waals surface area contributed by atoms with Crippen molar-refractivity contribution in [3.63, 3.8) is 0 Å². The van der Waals surface area contributed by atoms with Crippen LogP contribution in [-0.4, -0.2) is 11.7 Å². The number of rotatable bonds is 3. The van der Waals surface area contributed by atoms with E-state index >= 15 is 0 Å². The van der Waals surface area contributed by atoms with Crippen molar-refractivity contribution in [2.24, 2.45) is 0 Å². The van der Waals surface area contributed by atoms with Crippen molar-refractivity contribution in [2.45, 2.75) is 32.1 Å². The second-order valence-electron chi connectivity index (χ2n) is 7.22. The smallest absolute Gasteiger partial charge is 0.254 e. The van der Waals surface area contributed by atoms with E-state index < -0.39 is 17.6 Å². The van der Waals surface area contributed by atoms with Crippen LogP contribution in [0.15, 0.2) is 71.1 Å². The zero-order valence-corrected chi connectivity index (χ0v) is 16.6. The quantitative estimate of drug-likeness (QED) is 0.741. The Morgan fingerprint density at radius 3 is 2.62 bits per heavy atom. The minimum absolute atomic E-state index is 0.00682. The lowest BCUT2D eigenvalue weighted by atomic mass is 9.75. The molecular weight excluding hydrogens is 391 g/mol. The average molecular weight is 411 g/mol. The maximum Gasteiger partial charge on any atom is 0.254 e. The van der Waals surface area contributed by atoms with E-state index in [9.17, 15) is 14.0 Å². The molecule has 0 saturated heterocycles. The number of carbonyl (C=O) groups is 2. The van der Waals surface area contributed by atoms with Gasteiger partial charge >= 0.3 is 0 Å². The van der Waals surface area contributed by atoms with Crippen LogP contribution in [0.5, 0.6) is 0 Å². The van der Waals surface area contributed by atoms with Crippen molar-refractivity contribution >= 4 is 29.0 Å². The minimum atomic E-state index is -0.598. The number of benzene rings is 2. The summed E-state index contributed by atoms with van der Waals surface area (Å²) >= 11 is 6.47.